The minimum atomic E-state index is -0.302. The van der Waals surface area contributed by atoms with Gasteiger partial charge >= 0.3 is 5.97 Å². The summed E-state index contributed by atoms with van der Waals surface area (Å²) in [6.07, 6.45) is 0. The monoisotopic (exact) mass is 297 g/mol. The van der Waals surface area contributed by atoms with Crippen molar-refractivity contribution in [2.75, 3.05) is 0 Å². The van der Waals surface area contributed by atoms with E-state index in [2.05, 4.69) is 5.32 Å². The van der Waals surface area contributed by atoms with Crippen LogP contribution in [0.15, 0.2) is 60.7 Å². The molecule has 2 aromatic rings. The molecule has 3 heteroatoms. The molecule has 0 aliphatic rings. The summed E-state index contributed by atoms with van der Waals surface area (Å²) in [5.41, 5.74) is 2.16. The number of ether oxygens (including phenoxy) is 1. The summed E-state index contributed by atoms with van der Waals surface area (Å²) in [5.74, 6) is -0.0261. The van der Waals surface area contributed by atoms with E-state index >= 15 is 0 Å². The maximum absolute atomic E-state index is 12.3. The van der Waals surface area contributed by atoms with Crippen LogP contribution >= 0.6 is 0 Å². The van der Waals surface area contributed by atoms with Gasteiger partial charge in [0.1, 0.15) is 12.6 Å². The fraction of sp³-hybridized carbons (Fsp3) is 0.316. The minimum absolute atomic E-state index is 0.173. The van der Waals surface area contributed by atoms with Crippen LogP contribution in [0.1, 0.15) is 25.0 Å². The van der Waals surface area contributed by atoms with Gasteiger partial charge in [0.25, 0.3) is 0 Å². The summed E-state index contributed by atoms with van der Waals surface area (Å²) >= 11 is 0. The van der Waals surface area contributed by atoms with E-state index < -0.39 is 0 Å². The zero-order valence-electron chi connectivity index (χ0n) is 13.2. The lowest BCUT2D eigenvalue weighted by molar-refractivity contribution is -0.148. The molecule has 0 aromatic heterocycles. The van der Waals surface area contributed by atoms with E-state index in [1.807, 2.05) is 74.5 Å². The van der Waals surface area contributed by atoms with Crippen LogP contribution in [0.25, 0.3) is 0 Å². The molecule has 2 aromatic carbocycles. The Kier molecular flexibility index (Phi) is 6.16. The highest BCUT2D eigenvalue weighted by atomic mass is 16.5. The summed E-state index contributed by atoms with van der Waals surface area (Å²) in [6, 6.07) is 19.5. The first kappa shape index (κ1) is 16.2. The van der Waals surface area contributed by atoms with Crippen molar-refractivity contribution in [3.8, 4) is 0 Å². The zero-order valence-corrected chi connectivity index (χ0v) is 13.2. The van der Waals surface area contributed by atoms with Gasteiger partial charge in [-0.05, 0) is 17.0 Å². The largest absolute Gasteiger partial charge is 0.460 e. The van der Waals surface area contributed by atoms with Crippen LogP contribution in [0.5, 0.6) is 0 Å². The Morgan fingerprint density at radius 1 is 0.955 bits per heavy atom. The van der Waals surface area contributed by atoms with Crippen LogP contribution in [-0.4, -0.2) is 12.0 Å². The van der Waals surface area contributed by atoms with Gasteiger partial charge in [-0.15, -0.1) is 0 Å². The molecule has 0 bridgehead atoms. The molecule has 0 aliphatic heterocycles. The summed E-state index contributed by atoms with van der Waals surface area (Å²) in [7, 11) is 0. The van der Waals surface area contributed by atoms with Crippen molar-refractivity contribution in [3.05, 3.63) is 71.8 Å². The zero-order chi connectivity index (χ0) is 15.8. The average Bonchev–Trinajstić information content (AvgIpc) is 2.55. The van der Waals surface area contributed by atoms with Crippen molar-refractivity contribution in [3.63, 3.8) is 0 Å². The first-order chi connectivity index (χ1) is 10.7. The minimum Gasteiger partial charge on any atom is -0.460 e. The van der Waals surface area contributed by atoms with E-state index in [9.17, 15) is 4.79 Å². The van der Waals surface area contributed by atoms with Crippen LogP contribution in [0.4, 0.5) is 0 Å². The van der Waals surface area contributed by atoms with E-state index in [0.29, 0.717) is 13.2 Å². The second kappa shape index (κ2) is 8.35. The Hall–Kier alpha value is -2.13. The summed E-state index contributed by atoms with van der Waals surface area (Å²) in [4.78, 5) is 12.3. The lowest BCUT2D eigenvalue weighted by Crippen LogP contribution is -2.41. The Bertz CT molecular complexity index is 567. The van der Waals surface area contributed by atoms with Gasteiger partial charge in [0.2, 0.25) is 0 Å². The molecule has 0 unspecified atom stereocenters. The normalized spacial score (nSPS) is 12.1. The average molecular weight is 297 g/mol. The lowest BCUT2D eigenvalue weighted by Gasteiger charge is -2.21. The molecule has 0 heterocycles. The van der Waals surface area contributed by atoms with Crippen molar-refractivity contribution >= 4 is 5.97 Å². The first-order valence-corrected chi connectivity index (χ1v) is 7.64. The number of carbonyl (C=O) groups excluding carboxylic acids is 1. The number of benzene rings is 2. The predicted molar refractivity (Wildman–Crippen MR) is 88.1 cm³/mol. The van der Waals surface area contributed by atoms with Gasteiger partial charge < -0.3 is 10.1 Å². The van der Waals surface area contributed by atoms with Crippen LogP contribution < -0.4 is 5.32 Å². The van der Waals surface area contributed by atoms with Gasteiger partial charge in [0, 0.05) is 6.54 Å². The van der Waals surface area contributed by atoms with Crippen LogP contribution in [-0.2, 0) is 22.7 Å². The fourth-order valence-corrected chi connectivity index (χ4v) is 2.23. The van der Waals surface area contributed by atoms with E-state index in [0.717, 1.165) is 11.1 Å². The SMILES string of the molecule is CC(C)[C@H](NCc1ccccc1)C(=O)OCc1ccccc1. The molecule has 0 aliphatic carbocycles. The van der Waals surface area contributed by atoms with Crippen molar-refractivity contribution in [1.82, 2.24) is 5.32 Å². The summed E-state index contributed by atoms with van der Waals surface area (Å²) in [6.45, 7) is 5.01. The fourth-order valence-electron chi connectivity index (χ4n) is 2.23. The molecule has 116 valence electrons. The predicted octanol–water partition coefficient (Wildman–Crippen LogP) is 3.54. The van der Waals surface area contributed by atoms with E-state index in [-0.39, 0.29) is 17.9 Å². The molecule has 0 spiro atoms. The standard InChI is InChI=1S/C19H23NO2/c1-15(2)18(20-13-16-9-5-3-6-10-16)19(21)22-14-17-11-7-4-8-12-17/h3-12,15,18,20H,13-14H2,1-2H3/t18-/m0/s1. The molecule has 1 N–H and O–H groups in total. The van der Waals surface area contributed by atoms with Gasteiger partial charge in [-0.3, -0.25) is 4.79 Å². The first-order valence-electron chi connectivity index (χ1n) is 7.64. The quantitative estimate of drug-likeness (QED) is 0.794. The Morgan fingerprint density at radius 2 is 1.50 bits per heavy atom. The third-order valence-electron chi connectivity index (χ3n) is 3.51. The summed E-state index contributed by atoms with van der Waals surface area (Å²) in [5, 5.41) is 3.30. The van der Waals surface area contributed by atoms with Gasteiger partial charge in [-0.1, -0.05) is 74.5 Å². The number of nitrogens with one attached hydrogen (secondary N) is 1. The topological polar surface area (TPSA) is 38.3 Å². The maximum Gasteiger partial charge on any atom is 0.323 e. The van der Waals surface area contributed by atoms with Crippen LogP contribution in [0.3, 0.4) is 0 Å². The van der Waals surface area contributed by atoms with Crippen molar-refractivity contribution in [2.45, 2.75) is 33.0 Å². The molecule has 0 saturated carbocycles. The number of carbonyl (C=O) groups is 1. The van der Waals surface area contributed by atoms with Crippen molar-refractivity contribution < 1.29 is 9.53 Å². The Balaban J connectivity index is 1.88. The van der Waals surface area contributed by atoms with Crippen LogP contribution in [0.2, 0.25) is 0 Å². The third kappa shape index (κ3) is 5.01. The van der Waals surface area contributed by atoms with Crippen molar-refractivity contribution in [2.24, 2.45) is 5.92 Å². The molecule has 1 atom stereocenters. The smallest absolute Gasteiger partial charge is 0.323 e. The summed E-state index contributed by atoms with van der Waals surface area (Å²) < 4.78 is 5.44. The van der Waals surface area contributed by atoms with Gasteiger partial charge in [0.05, 0.1) is 0 Å². The Morgan fingerprint density at radius 3 is 2.05 bits per heavy atom. The van der Waals surface area contributed by atoms with E-state index in [1.54, 1.807) is 0 Å². The third-order valence-corrected chi connectivity index (χ3v) is 3.51. The second-order valence-corrected chi connectivity index (χ2v) is 5.68. The number of hydrogen-bond donors (Lipinski definition) is 1. The number of esters is 1. The molecule has 3 nitrogen and oxygen atoms in total. The van der Waals surface area contributed by atoms with Crippen molar-refractivity contribution in [1.29, 1.82) is 0 Å². The molecule has 2 rings (SSSR count). The molecule has 22 heavy (non-hydrogen) atoms. The molecular formula is C19H23NO2. The van der Waals surface area contributed by atoms with E-state index in [4.69, 9.17) is 4.74 Å². The highest BCUT2D eigenvalue weighted by molar-refractivity contribution is 5.76. The highest BCUT2D eigenvalue weighted by Crippen LogP contribution is 2.09. The second-order valence-electron chi connectivity index (χ2n) is 5.68. The van der Waals surface area contributed by atoms with E-state index in [1.165, 1.54) is 0 Å². The van der Waals surface area contributed by atoms with Gasteiger partial charge in [-0.2, -0.15) is 0 Å². The highest BCUT2D eigenvalue weighted by Gasteiger charge is 2.23. The molecule has 0 fully saturated rings. The van der Waals surface area contributed by atoms with Crippen LogP contribution in [0, 0.1) is 5.92 Å². The molecular weight excluding hydrogens is 274 g/mol. The number of hydrogen-bond acceptors (Lipinski definition) is 3. The Labute approximate surface area is 132 Å². The number of rotatable bonds is 7. The molecule has 0 amide bonds. The molecule has 0 saturated heterocycles. The van der Waals surface area contributed by atoms with Gasteiger partial charge in [-0.25, -0.2) is 0 Å². The lowest BCUT2D eigenvalue weighted by atomic mass is 10.0. The maximum atomic E-state index is 12.3. The molecule has 0 radical (unpaired) electrons. The van der Waals surface area contributed by atoms with Gasteiger partial charge in [0.15, 0.2) is 0 Å².